The normalized spacial score (nSPS) is 11.4. The molecule has 0 radical (unpaired) electrons. The first-order valence-corrected chi connectivity index (χ1v) is 12.1. The van der Waals surface area contributed by atoms with Gasteiger partial charge in [0.15, 0.2) is 11.5 Å². The van der Waals surface area contributed by atoms with Crippen LogP contribution in [0.1, 0.15) is 50.7 Å². The zero-order valence-electron chi connectivity index (χ0n) is 18.5. The zero-order valence-corrected chi connectivity index (χ0v) is 20.2. The zero-order chi connectivity index (χ0) is 22.8. The minimum absolute atomic E-state index is 0.182. The number of rotatable bonds is 11. The fourth-order valence-corrected chi connectivity index (χ4v) is 5.93. The first-order chi connectivity index (χ1) is 15.1. The summed E-state index contributed by atoms with van der Waals surface area (Å²) in [5, 5.41) is 19.6. The van der Waals surface area contributed by atoms with Crippen molar-refractivity contribution in [1.29, 1.82) is 10.5 Å². The second-order valence-electron chi connectivity index (χ2n) is 7.07. The number of nitrogens with zero attached hydrogens (tertiary/aromatic N) is 2. The maximum atomic E-state index is 9.80. The van der Waals surface area contributed by atoms with Crippen molar-refractivity contribution in [1.82, 2.24) is 0 Å². The lowest BCUT2D eigenvalue weighted by Crippen LogP contribution is -2.05. The molecule has 0 aromatic heterocycles. The minimum Gasteiger partial charge on any atom is -0.494 e. The van der Waals surface area contributed by atoms with E-state index in [-0.39, 0.29) is 11.1 Å². The summed E-state index contributed by atoms with van der Waals surface area (Å²) in [5.41, 5.74) is 7.22. The van der Waals surface area contributed by atoms with E-state index in [1.165, 1.54) is 38.8 Å². The molecule has 2 aromatic carbocycles. The Morgan fingerprint density at radius 3 is 2.13 bits per heavy atom. The lowest BCUT2D eigenvalue weighted by atomic mass is 10.0. The van der Waals surface area contributed by atoms with Crippen molar-refractivity contribution in [3.05, 3.63) is 35.4 Å². The Labute approximate surface area is 193 Å². The topological polar surface area (TPSA) is 92.1 Å². The Morgan fingerprint density at radius 2 is 1.61 bits per heavy atom. The molecule has 0 fully saturated rings. The average Bonchev–Trinajstić information content (AvgIpc) is 2.79. The molecule has 2 aromatic rings. The van der Waals surface area contributed by atoms with Crippen LogP contribution >= 0.6 is 23.5 Å². The van der Waals surface area contributed by atoms with Crippen LogP contribution in [0.15, 0.2) is 39.0 Å². The highest BCUT2D eigenvalue weighted by molar-refractivity contribution is 8.02. The standard InChI is InChI=1S/C24H29N3O2S2/c1-5-7-10-16(6-2)15-30-23-21(28-3)17(13-25)18(14-26)22(29-4)24(23)31-20-12-9-8-11-19(20)27/h8-9,11-12,16H,5-7,10,15,27H2,1-4H3. The van der Waals surface area contributed by atoms with E-state index >= 15 is 0 Å². The van der Waals surface area contributed by atoms with Crippen LogP contribution in [0.5, 0.6) is 11.5 Å². The van der Waals surface area contributed by atoms with Gasteiger partial charge in [0, 0.05) is 16.3 Å². The Bertz CT molecular complexity index is 980. The molecule has 1 unspecified atom stereocenters. The van der Waals surface area contributed by atoms with E-state index in [4.69, 9.17) is 15.2 Å². The van der Waals surface area contributed by atoms with Crippen molar-refractivity contribution in [2.75, 3.05) is 25.7 Å². The Hall–Kier alpha value is -2.48. The number of nitriles is 2. The van der Waals surface area contributed by atoms with Gasteiger partial charge in [-0.15, -0.1) is 11.8 Å². The van der Waals surface area contributed by atoms with Crippen molar-refractivity contribution in [3.8, 4) is 23.6 Å². The van der Waals surface area contributed by atoms with Crippen molar-refractivity contribution in [2.45, 2.75) is 54.2 Å². The highest BCUT2D eigenvalue weighted by Crippen LogP contribution is 2.51. The number of benzene rings is 2. The van der Waals surface area contributed by atoms with Gasteiger partial charge in [0.2, 0.25) is 0 Å². The number of thioether (sulfide) groups is 1. The van der Waals surface area contributed by atoms with Crippen molar-refractivity contribution in [2.24, 2.45) is 5.92 Å². The largest absolute Gasteiger partial charge is 0.494 e. The SMILES string of the molecule is CCCCC(CC)CSc1c(OC)c(C#N)c(C#N)c(OC)c1Sc1ccccc1N. The van der Waals surface area contributed by atoms with Crippen molar-refractivity contribution >= 4 is 29.2 Å². The van der Waals surface area contributed by atoms with Crippen LogP contribution in [0.3, 0.4) is 0 Å². The average molecular weight is 456 g/mol. The number of ether oxygens (including phenoxy) is 2. The maximum Gasteiger partial charge on any atom is 0.153 e. The molecule has 0 bridgehead atoms. The summed E-state index contributed by atoms with van der Waals surface area (Å²) in [4.78, 5) is 2.43. The van der Waals surface area contributed by atoms with Crippen LogP contribution in [0.25, 0.3) is 0 Å². The van der Waals surface area contributed by atoms with Gasteiger partial charge in [0.1, 0.15) is 23.3 Å². The molecule has 1 atom stereocenters. The molecule has 0 amide bonds. The van der Waals surface area contributed by atoms with E-state index in [0.717, 1.165) is 33.3 Å². The minimum atomic E-state index is 0.182. The Morgan fingerprint density at radius 1 is 1.00 bits per heavy atom. The van der Waals surface area contributed by atoms with Gasteiger partial charge in [0.25, 0.3) is 0 Å². The second-order valence-corrected chi connectivity index (χ2v) is 9.15. The monoisotopic (exact) mass is 455 g/mol. The molecule has 5 nitrogen and oxygen atoms in total. The molecule has 0 saturated heterocycles. The van der Waals surface area contributed by atoms with Gasteiger partial charge < -0.3 is 15.2 Å². The molecule has 0 aliphatic carbocycles. The summed E-state index contributed by atoms with van der Waals surface area (Å²) in [6, 6.07) is 11.8. The molecule has 31 heavy (non-hydrogen) atoms. The summed E-state index contributed by atoms with van der Waals surface area (Å²) >= 11 is 3.09. The van der Waals surface area contributed by atoms with E-state index in [1.807, 2.05) is 24.3 Å². The smallest absolute Gasteiger partial charge is 0.153 e. The third-order valence-electron chi connectivity index (χ3n) is 5.09. The molecule has 0 heterocycles. The van der Waals surface area contributed by atoms with E-state index in [2.05, 4.69) is 26.0 Å². The number of methoxy groups -OCH3 is 2. The summed E-state index contributed by atoms with van der Waals surface area (Å²) in [6.45, 7) is 4.41. The number of anilines is 1. The molecule has 2 rings (SSSR count). The molecule has 164 valence electrons. The molecule has 0 saturated carbocycles. The van der Waals surface area contributed by atoms with Crippen LogP contribution in [0.4, 0.5) is 5.69 Å². The molecular formula is C24H29N3O2S2. The van der Waals surface area contributed by atoms with Crippen LogP contribution in [0.2, 0.25) is 0 Å². The first kappa shape index (κ1) is 24.8. The number of para-hydroxylation sites is 1. The van der Waals surface area contributed by atoms with E-state index in [1.54, 1.807) is 11.8 Å². The number of nitrogens with two attached hydrogens (primary N) is 1. The van der Waals surface area contributed by atoms with Gasteiger partial charge >= 0.3 is 0 Å². The van der Waals surface area contributed by atoms with Crippen molar-refractivity contribution in [3.63, 3.8) is 0 Å². The van der Waals surface area contributed by atoms with Gasteiger partial charge in [-0.25, -0.2) is 0 Å². The molecule has 2 N–H and O–H groups in total. The van der Waals surface area contributed by atoms with Gasteiger partial charge in [0.05, 0.1) is 24.0 Å². The third-order valence-corrected chi connectivity index (χ3v) is 7.72. The summed E-state index contributed by atoms with van der Waals surface area (Å²) in [5.74, 6) is 2.26. The van der Waals surface area contributed by atoms with Gasteiger partial charge in [-0.3, -0.25) is 0 Å². The number of unbranched alkanes of at least 4 members (excludes halogenated alkanes) is 1. The highest BCUT2D eigenvalue weighted by atomic mass is 32.2. The Balaban J connectivity index is 2.65. The van der Waals surface area contributed by atoms with Gasteiger partial charge in [-0.05, 0) is 24.5 Å². The van der Waals surface area contributed by atoms with E-state index in [0.29, 0.717) is 23.1 Å². The van der Waals surface area contributed by atoms with Crippen LogP contribution < -0.4 is 15.2 Å². The van der Waals surface area contributed by atoms with Gasteiger partial charge in [-0.1, -0.05) is 57.0 Å². The predicted molar refractivity (Wildman–Crippen MR) is 128 cm³/mol. The number of hydrogen-bond donors (Lipinski definition) is 1. The highest BCUT2D eigenvalue weighted by Gasteiger charge is 2.27. The molecular weight excluding hydrogens is 426 g/mol. The summed E-state index contributed by atoms with van der Waals surface area (Å²) in [7, 11) is 3.06. The fraction of sp³-hybridized carbons (Fsp3) is 0.417. The third kappa shape index (κ3) is 5.81. The summed E-state index contributed by atoms with van der Waals surface area (Å²) < 4.78 is 11.3. The predicted octanol–water partition coefficient (Wildman–Crippen LogP) is 6.49. The molecule has 0 aliphatic rings. The second kappa shape index (κ2) is 12.4. The van der Waals surface area contributed by atoms with E-state index < -0.39 is 0 Å². The quantitative estimate of drug-likeness (QED) is 0.306. The Kier molecular flexibility index (Phi) is 9.91. The maximum absolute atomic E-state index is 9.80. The first-order valence-electron chi connectivity index (χ1n) is 10.3. The number of nitrogen functional groups attached to an aromatic ring is 1. The fourth-order valence-electron chi connectivity index (χ4n) is 3.27. The van der Waals surface area contributed by atoms with E-state index in [9.17, 15) is 10.5 Å². The molecule has 7 heteroatoms. The molecule has 0 spiro atoms. The summed E-state index contributed by atoms with van der Waals surface area (Å²) in [6.07, 6.45) is 4.61. The van der Waals surface area contributed by atoms with Gasteiger partial charge in [-0.2, -0.15) is 10.5 Å². The number of hydrogen-bond acceptors (Lipinski definition) is 7. The van der Waals surface area contributed by atoms with Crippen molar-refractivity contribution < 1.29 is 9.47 Å². The lowest BCUT2D eigenvalue weighted by Gasteiger charge is -2.21. The van der Waals surface area contributed by atoms with Crippen LogP contribution in [-0.2, 0) is 0 Å². The van der Waals surface area contributed by atoms with Crippen LogP contribution in [0, 0.1) is 28.6 Å². The lowest BCUT2D eigenvalue weighted by molar-refractivity contribution is 0.381. The molecule has 0 aliphatic heterocycles. The van der Waals surface area contributed by atoms with Crippen LogP contribution in [-0.4, -0.2) is 20.0 Å².